The lowest BCUT2D eigenvalue weighted by molar-refractivity contribution is 0.265. The van der Waals surface area contributed by atoms with Gasteiger partial charge in [0.1, 0.15) is 0 Å². The third-order valence-corrected chi connectivity index (χ3v) is 3.61. The van der Waals surface area contributed by atoms with Crippen LogP contribution in [0.1, 0.15) is 59.8 Å². The van der Waals surface area contributed by atoms with Gasteiger partial charge in [0.05, 0.1) is 0 Å². The highest BCUT2D eigenvalue weighted by atomic mass is 14.3. The largest absolute Gasteiger partial charge is 0.0770 e. The minimum absolute atomic E-state index is 0.539. The molecular weight excluding hydrogens is 144 g/mol. The van der Waals surface area contributed by atoms with Gasteiger partial charge in [-0.3, -0.25) is 0 Å². The van der Waals surface area contributed by atoms with Gasteiger partial charge in [-0.15, -0.1) is 0 Å². The monoisotopic (exact) mass is 166 g/mol. The molecule has 0 aromatic heterocycles. The quantitative estimate of drug-likeness (QED) is 0.509. The lowest BCUT2D eigenvalue weighted by Crippen LogP contribution is -2.22. The van der Waals surface area contributed by atoms with Crippen LogP contribution < -0.4 is 0 Å². The van der Waals surface area contributed by atoms with Crippen LogP contribution in [0.2, 0.25) is 0 Å². The van der Waals surface area contributed by atoms with E-state index in [4.69, 9.17) is 0 Å². The Morgan fingerprint density at radius 1 is 0.917 bits per heavy atom. The molecule has 0 aliphatic heterocycles. The van der Waals surface area contributed by atoms with Crippen LogP contribution in [-0.4, -0.2) is 0 Å². The zero-order valence-corrected chi connectivity index (χ0v) is 9.04. The molecule has 1 aliphatic carbocycles. The van der Waals surface area contributed by atoms with E-state index in [9.17, 15) is 0 Å². The summed E-state index contributed by atoms with van der Waals surface area (Å²) < 4.78 is 0. The molecule has 0 nitrogen and oxygen atoms in total. The number of rotatable bonds is 1. The molecule has 0 atom stereocenters. The summed E-state index contributed by atoms with van der Waals surface area (Å²) in [6.45, 7) is 9.25. The summed E-state index contributed by atoms with van der Waals surface area (Å²) in [5, 5.41) is 0. The molecule has 0 aromatic carbocycles. The Bertz CT molecular complexity index is 176. The molecule has 0 saturated heterocycles. The first kappa shape index (κ1) is 9.83. The van der Waals surface area contributed by atoms with Gasteiger partial charge >= 0.3 is 0 Å². The van der Waals surface area contributed by atoms with Crippen molar-refractivity contribution in [2.24, 2.45) is 5.41 Å². The molecule has 0 N–H and O–H groups in total. The van der Waals surface area contributed by atoms with E-state index >= 15 is 0 Å². The Morgan fingerprint density at radius 3 is 1.83 bits per heavy atom. The van der Waals surface area contributed by atoms with Crippen LogP contribution in [0.3, 0.4) is 0 Å². The third-order valence-electron chi connectivity index (χ3n) is 3.61. The van der Waals surface area contributed by atoms with Gasteiger partial charge in [-0.2, -0.15) is 0 Å². The van der Waals surface area contributed by atoms with E-state index in [1.165, 1.54) is 37.7 Å². The van der Waals surface area contributed by atoms with Crippen molar-refractivity contribution in [2.75, 3.05) is 0 Å². The standard InChI is InChI=1S/C12H22/c1-10(2)11(3)12(4)8-6-5-7-9-12/h5-9H2,1-4H3. The first-order valence-corrected chi connectivity index (χ1v) is 5.21. The van der Waals surface area contributed by atoms with Gasteiger partial charge in [-0.25, -0.2) is 0 Å². The molecule has 1 aliphatic rings. The molecule has 0 aromatic rings. The number of hydrogen-bond acceptors (Lipinski definition) is 0. The van der Waals surface area contributed by atoms with Gasteiger partial charge in [0.25, 0.3) is 0 Å². The van der Waals surface area contributed by atoms with Gasteiger partial charge in [0, 0.05) is 0 Å². The average Bonchev–Trinajstić information content (AvgIpc) is 2.04. The summed E-state index contributed by atoms with van der Waals surface area (Å²) in [6.07, 6.45) is 7.13. The Labute approximate surface area is 77.1 Å². The maximum atomic E-state index is 2.44. The van der Waals surface area contributed by atoms with E-state index in [1.54, 1.807) is 5.57 Å². The van der Waals surface area contributed by atoms with Crippen LogP contribution in [0.15, 0.2) is 11.1 Å². The molecule has 0 spiro atoms. The zero-order valence-electron chi connectivity index (χ0n) is 9.04. The molecule has 1 fully saturated rings. The van der Waals surface area contributed by atoms with Crippen molar-refractivity contribution in [3.63, 3.8) is 0 Å². The molecule has 70 valence electrons. The fourth-order valence-electron chi connectivity index (χ4n) is 2.31. The molecule has 0 heteroatoms. The van der Waals surface area contributed by atoms with Crippen LogP contribution in [0.25, 0.3) is 0 Å². The normalized spacial score (nSPS) is 22.0. The van der Waals surface area contributed by atoms with Crippen molar-refractivity contribution in [2.45, 2.75) is 59.8 Å². The summed E-state index contributed by atoms with van der Waals surface area (Å²) in [5.41, 5.74) is 3.71. The fraction of sp³-hybridized carbons (Fsp3) is 0.833. The second-order valence-electron chi connectivity index (χ2n) is 4.75. The van der Waals surface area contributed by atoms with E-state index in [-0.39, 0.29) is 0 Å². The van der Waals surface area contributed by atoms with E-state index in [0.717, 1.165) is 0 Å². The summed E-state index contributed by atoms with van der Waals surface area (Å²) >= 11 is 0. The third kappa shape index (κ3) is 1.91. The van der Waals surface area contributed by atoms with Gasteiger partial charge in [0.2, 0.25) is 0 Å². The smallest absolute Gasteiger partial charge is 0.0117 e. The maximum Gasteiger partial charge on any atom is -0.0117 e. The lowest BCUT2D eigenvalue weighted by atomic mass is 9.70. The molecule has 12 heavy (non-hydrogen) atoms. The highest BCUT2D eigenvalue weighted by Crippen LogP contribution is 2.42. The first-order valence-electron chi connectivity index (χ1n) is 5.21. The minimum atomic E-state index is 0.539. The second kappa shape index (κ2) is 3.64. The predicted molar refractivity (Wildman–Crippen MR) is 55.2 cm³/mol. The molecule has 0 radical (unpaired) electrons. The Balaban J connectivity index is 2.76. The van der Waals surface area contributed by atoms with Gasteiger partial charge in [-0.1, -0.05) is 37.3 Å². The summed E-state index contributed by atoms with van der Waals surface area (Å²) in [6, 6.07) is 0. The predicted octanol–water partition coefficient (Wildman–Crippen LogP) is 4.31. The van der Waals surface area contributed by atoms with Crippen molar-refractivity contribution in [1.29, 1.82) is 0 Å². The second-order valence-corrected chi connectivity index (χ2v) is 4.75. The molecule has 0 amide bonds. The number of hydrogen-bond donors (Lipinski definition) is 0. The van der Waals surface area contributed by atoms with E-state index in [1.807, 2.05) is 0 Å². The van der Waals surface area contributed by atoms with Crippen LogP contribution in [0.5, 0.6) is 0 Å². The van der Waals surface area contributed by atoms with Crippen LogP contribution >= 0.6 is 0 Å². The van der Waals surface area contributed by atoms with Crippen molar-refractivity contribution < 1.29 is 0 Å². The summed E-state index contributed by atoms with van der Waals surface area (Å²) in [4.78, 5) is 0. The highest BCUT2D eigenvalue weighted by molar-refractivity contribution is 5.16. The first-order chi connectivity index (χ1) is 5.56. The van der Waals surface area contributed by atoms with Crippen molar-refractivity contribution in [3.05, 3.63) is 11.1 Å². The summed E-state index contributed by atoms with van der Waals surface area (Å²) in [7, 11) is 0. The van der Waals surface area contributed by atoms with Crippen molar-refractivity contribution >= 4 is 0 Å². The van der Waals surface area contributed by atoms with Crippen LogP contribution in [-0.2, 0) is 0 Å². The Kier molecular flexibility index (Phi) is 2.98. The highest BCUT2D eigenvalue weighted by Gasteiger charge is 2.28. The molecule has 0 bridgehead atoms. The molecule has 1 saturated carbocycles. The lowest BCUT2D eigenvalue weighted by Gasteiger charge is -2.35. The van der Waals surface area contributed by atoms with Gasteiger partial charge < -0.3 is 0 Å². The molecule has 0 unspecified atom stereocenters. The topological polar surface area (TPSA) is 0 Å². The Morgan fingerprint density at radius 2 is 1.42 bits per heavy atom. The molecule has 1 rings (SSSR count). The van der Waals surface area contributed by atoms with Gasteiger partial charge in [0.15, 0.2) is 0 Å². The zero-order chi connectivity index (χ0) is 9.19. The number of allylic oxidation sites excluding steroid dienone is 2. The maximum absolute atomic E-state index is 2.44. The summed E-state index contributed by atoms with van der Waals surface area (Å²) in [5.74, 6) is 0. The van der Waals surface area contributed by atoms with Crippen molar-refractivity contribution in [1.82, 2.24) is 0 Å². The average molecular weight is 166 g/mol. The van der Waals surface area contributed by atoms with E-state index < -0.39 is 0 Å². The molecule has 0 heterocycles. The van der Waals surface area contributed by atoms with Crippen LogP contribution in [0, 0.1) is 5.41 Å². The van der Waals surface area contributed by atoms with Crippen LogP contribution in [0.4, 0.5) is 0 Å². The SMILES string of the molecule is CC(C)=C(C)C1(C)CCCCC1. The van der Waals surface area contributed by atoms with E-state index in [2.05, 4.69) is 27.7 Å². The fourth-order valence-corrected chi connectivity index (χ4v) is 2.31. The van der Waals surface area contributed by atoms with E-state index in [0.29, 0.717) is 5.41 Å². The Hall–Kier alpha value is -0.260. The van der Waals surface area contributed by atoms with Gasteiger partial charge in [-0.05, 0) is 39.0 Å². The minimum Gasteiger partial charge on any atom is -0.0770 e. The van der Waals surface area contributed by atoms with Crippen molar-refractivity contribution in [3.8, 4) is 0 Å². The molecular formula is C12H22.